The SMILES string of the molecule is CC1NC(=S)N(Cc2nnc3n2CCC3)C1=O. The van der Waals surface area contributed by atoms with Crippen LogP contribution >= 0.6 is 12.2 Å². The predicted molar refractivity (Wildman–Crippen MR) is 64.1 cm³/mol. The predicted octanol–water partition coefficient (Wildman–Crippen LogP) is -0.171. The van der Waals surface area contributed by atoms with Crippen LogP contribution in [-0.4, -0.2) is 36.7 Å². The lowest BCUT2D eigenvalue weighted by molar-refractivity contribution is -0.127. The van der Waals surface area contributed by atoms with Crippen LogP contribution in [0.15, 0.2) is 0 Å². The number of nitrogens with one attached hydrogen (secondary N) is 1. The molecule has 2 aliphatic rings. The van der Waals surface area contributed by atoms with Crippen LogP contribution in [0.1, 0.15) is 25.0 Å². The summed E-state index contributed by atoms with van der Waals surface area (Å²) < 4.78 is 2.08. The molecule has 0 radical (unpaired) electrons. The van der Waals surface area contributed by atoms with Crippen molar-refractivity contribution in [3.63, 3.8) is 0 Å². The molecule has 3 rings (SSSR count). The van der Waals surface area contributed by atoms with Crippen molar-refractivity contribution in [3.8, 4) is 0 Å². The number of rotatable bonds is 2. The Morgan fingerprint density at radius 3 is 3.06 bits per heavy atom. The highest BCUT2D eigenvalue weighted by molar-refractivity contribution is 7.80. The van der Waals surface area contributed by atoms with E-state index >= 15 is 0 Å². The van der Waals surface area contributed by atoms with Gasteiger partial charge in [-0.05, 0) is 25.6 Å². The highest BCUT2D eigenvalue weighted by atomic mass is 32.1. The van der Waals surface area contributed by atoms with Gasteiger partial charge in [0.15, 0.2) is 10.9 Å². The Bertz CT molecular complexity index is 497. The fourth-order valence-corrected chi connectivity index (χ4v) is 2.61. The van der Waals surface area contributed by atoms with Gasteiger partial charge in [0.1, 0.15) is 11.9 Å². The molecule has 1 aromatic rings. The van der Waals surface area contributed by atoms with Crippen molar-refractivity contribution in [1.82, 2.24) is 25.0 Å². The van der Waals surface area contributed by atoms with Crippen molar-refractivity contribution in [3.05, 3.63) is 11.6 Å². The third-order valence-electron chi connectivity index (χ3n) is 3.21. The molecule has 1 atom stereocenters. The molecule has 1 unspecified atom stereocenters. The summed E-state index contributed by atoms with van der Waals surface area (Å²) in [4.78, 5) is 13.4. The molecule has 17 heavy (non-hydrogen) atoms. The Hall–Kier alpha value is -1.50. The van der Waals surface area contributed by atoms with Crippen LogP contribution in [0.25, 0.3) is 0 Å². The lowest BCUT2D eigenvalue weighted by atomic mass is 10.3. The van der Waals surface area contributed by atoms with Crippen LogP contribution in [0.3, 0.4) is 0 Å². The summed E-state index contributed by atoms with van der Waals surface area (Å²) in [7, 11) is 0. The average molecular weight is 251 g/mol. The molecule has 1 saturated heterocycles. The van der Waals surface area contributed by atoms with E-state index in [4.69, 9.17) is 12.2 Å². The molecular weight excluding hydrogens is 238 g/mol. The van der Waals surface area contributed by atoms with E-state index in [1.807, 2.05) is 6.92 Å². The van der Waals surface area contributed by atoms with Crippen LogP contribution < -0.4 is 5.32 Å². The minimum Gasteiger partial charge on any atom is -0.351 e. The van der Waals surface area contributed by atoms with Crippen molar-refractivity contribution in [2.45, 2.75) is 38.9 Å². The van der Waals surface area contributed by atoms with Gasteiger partial charge in [0, 0.05) is 13.0 Å². The third kappa shape index (κ3) is 1.61. The smallest absolute Gasteiger partial charge is 0.251 e. The zero-order chi connectivity index (χ0) is 12.0. The van der Waals surface area contributed by atoms with Crippen molar-refractivity contribution < 1.29 is 4.79 Å². The summed E-state index contributed by atoms with van der Waals surface area (Å²) in [5.74, 6) is 1.84. The number of hydrogen-bond donors (Lipinski definition) is 1. The second-order valence-electron chi connectivity index (χ2n) is 4.38. The normalized spacial score (nSPS) is 23.1. The number of carbonyl (C=O) groups is 1. The monoisotopic (exact) mass is 251 g/mol. The van der Waals surface area contributed by atoms with Gasteiger partial charge in [-0.1, -0.05) is 0 Å². The van der Waals surface area contributed by atoms with Crippen LogP contribution in [0.2, 0.25) is 0 Å². The molecule has 1 amide bonds. The minimum absolute atomic E-state index is 0.00495. The van der Waals surface area contributed by atoms with Gasteiger partial charge in [-0.2, -0.15) is 0 Å². The molecule has 0 saturated carbocycles. The molecule has 1 N–H and O–H groups in total. The Labute approximate surface area is 104 Å². The van der Waals surface area contributed by atoms with Crippen LogP contribution in [0.5, 0.6) is 0 Å². The maximum atomic E-state index is 11.9. The Morgan fingerprint density at radius 2 is 2.35 bits per heavy atom. The van der Waals surface area contributed by atoms with Gasteiger partial charge in [0.2, 0.25) is 0 Å². The second-order valence-corrected chi connectivity index (χ2v) is 4.77. The lowest BCUT2D eigenvalue weighted by Crippen LogP contribution is -2.31. The summed E-state index contributed by atoms with van der Waals surface area (Å²) in [6.45, 7) is 3.17. The van der Waals surface area contributed by atoms with E-state index in [-0.39, 0.29) is 11.9 Å². The molecule has 0 aromatic carbocycles. The third-order valence-corrected chi connectivity index (χ3v) is 3.55. The topological polar surface area (TPSA) is 63.0 Å². The number of aromatic nitrogens is 3. The Balaban J connectivity index is 1.83. The molecule has 0 bridgehead atoms. The molecule has 7 heteroatoms. The number of amides is 1. The summed E-state index contributed by atoms with van der Waals surface area (Å²) >= 11 is 5.13. The standard InChI is InChI=1S/C10H13N5OS/c1-6-9(16)15(10(17)11-6)5-8-13-12-7-3-2-4-14(7)8/h6H,2-5H2,1H3,(H,11,17). The Morgan fingerprint density at radius 1 is 1.53 bits per heavy atom. The number of nitrogens with zero attached hydrogens (tertiary/aromatic N) is 4. The van der Waals surface area contributed by atoms with E-state index < -0.39 is 0 Å². The first-order chi connectivity index (χ1) is 8.16. The van der Waals surface area contributed by atoms with E-state index in [0.717, 1.165) is 31.0 Å². The first-order valence-electron chi connectivity index (χ1n) is 5.69. The largest absolute Gasteiger partial charge is 0.351 e. The molecule has 0 aliphatic carbocycles. The van der Waals surface area contributed by atoms with Gasteiger partial charge in [0.25, 0.3) is 5.91 Å². The summed E-state index contributed by atoms with van der Waals surface area (Å²) in [6, 6.07) is -0.233. The second kappa shape index (κ2) is 3.76. The van der Waals surface area contributed by atoms with Crippen LogP contribution in [0.4, 0.5) is 0 Å². The van der Waals surface area contributed by atoms with Crippen LogP contribution in [0, 0.1) is 0 Å². The summed E-state index contributed by atoms with van der Waals surface area (Å²) in [5.41, 5.74) is 0. The molecule has 2 aliphatic heterocycles. The molecular formula is C10H13N5OS. The van der Waals surface area contributed by atoms with E-state index in [1.165, 1.54) is 0 Å². The van der Waals surface area contributed by atoms with E-state index in [9.17, 15) is 4.79 Å². The van der Waals surface area contributed by atoms with E-state index in [0.29, 0.717) is 11.7 Å². The maximum Gasteiger partial charge on any atom is 0.251 e. The fraction of sp³-hybridized carbons (Fsp3) is 0.600. The highest BCUT2D eigenvalue weighted by Gasteiger charge is 2.33. The summed E-state index contributed by atoms with van der Waals surface area (Å²) in [6.07, 6.45) is 2.07. The van der Waals surface area contributed by atoms with Gasteiger partial charge in [-0.25, -0.2) is 0 Å². The molecule has 3 heterocycles. The van der Waals surface area contributed by atoms with Crippen molar-refractivity contribution in [1.29, 1.82) is 0 Å². The summed E-state index contributed by atoms with van der Waals surface area (Å²) in [5, 5.41) is 11.7. The van der Waals surface area contributed by atoms with Gasteiger partial charge in [0.05, 0.1) is 6.54 Å². The van der Waals surface area contributed by atoms with Crippen LogP contribution in [-0.2, 0) is 24.3 Å². The van der Waals surface area contributed by atoms with E-state index in [2.05, 4.69) is 20.1 Å². The number of aryl methyl sites for hydroxylation is 1. The molecule has 6 nitrogen and oxygen atoms in total. The molecule has 0 spiro atoms. The first-order valence-corrected chi connectivity index (χ1v) is 6.10. The average Bonchev–Trinajstić information content (AvgIpc) is 2.92. The fourth-order valence-electron chi connectivity index (χ4n) is 2.28. The van der Waals surface area contributed by atoms with Gasteiger partial charge in [-0.3, -0.25) is 9.69 Å². The number of hydrogen-bond acceptors (Lipinski definition) is 4. The van der Waals surface area contributed by atoms with Crippen molar-refractivity contribution in [2.75, 3.05) is 0 Å². The number of carbonyl (C=O) groups excluding carboxylic acids is 1. The maximum absolute atomic E-state index is 11.9. The molecule has 1 fully saturated rings. The van der Waals surface area contributed by atoms with Crippen molar-refractivity contribution in [2.24, 2.45) is 0 Å². The van der Waals surface area contributed by atoms with Gasteiger partial charge in [-0.15, -0.1) is 10.2 Å². The van der Waals surface area contributed by atoms with Crippen molar-refractivity contribution >= 4 is 23.2 Å². The zero-order valence-electron chi connectivity index (χ0n) is 9.51. The molecule has 90 valence electrons. The minimum atomic E-state index is -0.233. The zero-order valence-corrected chi connectivity index (χ0v) is 10.3. The number of thiocarbonyl (C=S) groups is 1. The number of fused-ring (bicyclic) bond motifs is 1. The van der Waals surface area contributed by atoms with Gasteiger partial charge < -0.3 is 9.88 Å². The Kier molecular flexibility index (Phi) is 2.36. The lowest BCUT2D eigenvalue weighted by Gasteiger charge is -2.14. The highest BCUT2D eigenvalue weighted by Crippen LogP contribution is 2.17. The van der Waals surface area contributed by atoms with E-state index in [1.54, 1.807) is 4.90 Å². The molecule has 1 aromatic heterocycles. The van der Waals surface area contributed by atoms with Gasteiger partial charge >= 0.3 is 0 Å². The first kappa shape index (κ1) is 10.6. The quantitative estimate of drug-likeness (QED) is 0.739.